The van der Waals surface area contributed by atoms with E-state index in [-0.39, 0.29) is 12.8 Å². The van der Waals surface area contributed by atoms with Crippen LogP contribution in [0.4, 0.5) is 0 Å². The van der Waals surface area contributed by atoms with Gasteiger partial charge in [0.2, 0.25) is 4.58 Å². The molecule has 0 spiro atoms. The van der Waals surface area contributed by atoms with Crippen LogP contribution in [0, 0.1) is 0 Å². The number of morpholine rings is 1. The zero-order chi connectivity index (χ0) is 13.8. The average molecular weight is 303 g/mol. The fourth-order valence-electron chi connectivity index (χ4n) is 1.76. The Hall–Kier alpha value is -0.260. The van der Waals surface area contributed by atoms with Gasteiger partial charge in [-0.05, 0) is 19.4 Å². The summed E-state index contributed by atoms with van der Waals surface area (Å²) in [5, 5.41) is 0. The van der Waals surface area contributed by atoms with Crippen molar-refractivity contribution in [3.63, 3.8) is 0 Å². The van der Waals surface area contributed by atoms with Gasteiger partial charge >= 0.3 is 0 Å². The average Bonchev–Trinajstić information content (AvgIpc) is 2.22. The summed E-state index contributed by atoms with van der Waals surface area (Å²) >= 11 is 0. The van der Waals surface area contributed by atoms with E-state index < -0.39 is 24.8 Å². The monoisotopic (exact) mass is 303 g/mol. The van der Waals surface area contributed by atoms with Gasteiger partial charge in [-0.25, -0.2) is 0 Å². The number of hydrogen-bond acceptors (Lipinski definition) is 6. The first-order valence-corrected chi connectivity index (χ1v) is 8.44. The van der Waals surface area contributed by atoms with E-state index in [4.69, 9.17) is 13.8 Å². The molecule has 1 fully saturated rings. The zero-order valence-corrected chi connectivity index (χ0v) is 11.4. The third kappa shape index (κ3) is 5.16. The van der Waals surface area contributed by atoms with Gasteiger partial charge in [0.05, 0.1) is 13.2 Å². The lowest BCUT2D eigenvalue weighted by molar-refractivity contribution is 0.0372. The molecule has 1 heterocycles. The molecule has 1 saturated heterocycles. The Morgan fingerprint density at radius 1 is 1.06 bits per heavy atom. The van der Waals surface area contributed by atoms with Crippen LogP contribution in [0.15, 0.2) is 0 Å². The number of rotatable bonds is 6. The standard InChI is InChI=1S/C8H17NO7S2/c10-17(11,12)8(18(13,14)15)2-1-3-9-4-6-16-7-5-9/h8H,1-7H2,(H,10,11,12)(H,13,14,15). The molecular weight excluding hydrogens is 286 g/mol. The molecule has 1 aliphatic heterocycles. The predicted molar refractivity (Wildman–Crippen MR) is 63.4 cm³/mol. The second kappa shape index (κ2) is 6.26. The zero-order valence-electron chi connectivity index (χ0n) is 9.73. The molecule has 1 rings (SSSR count). The topological polar surface area (TPSA) is 121 Å². The molecule has 18 heavy (non-hydrogen) atoms. The molecular formula is C8H17NO7S2. The molecule has 8 nitrogen and oxygen atoms in total. The maximum atomic E-state index is 10.8. The highest BCUT2D eigenvalue weighted by atomic mass is 32.3. The maximum Gasteiger partial charge on any atom is 0.284 e. The van der Waals surface area contributed by atoms with Crippen molar-refractivity contribution < 1.29 is 30.7 Å². The Balaban J connectivity index is 2.48. The molecule has 108 valence electrons. The second-order valence-electron chi connectivity index (χ2n) is 4.06. The van der Waals surface area contributed by atoms with Crippen molar-refractivity contribution >= 4 is 20.2 Å². The molecule has 0 radical (unpaired) electrons. The summed E-state index contributed by atoms with van der Waals surface area (Å²) in [6, 6.07) is 0. The van der Waals surface area contributed by atoms with Gasteiger partial charge in [0, 0.05) is 13.1 Å². The summed E-state index contributed by atoms with van der Waals surface area (Å²) in [5.41, 5.74) is 0. The van der Waals surface area contributed by atoms with E-state index in [1.165, 1.54) is 0 Å². The summed E-state index contributed by atoms with van der Waals surface area (Å²) in [6.07, 6.45) is -0.0979. The van der Waals surface area contributed by atoms with Gasteiger partial charge in [-0.1, -0.05) is 0 Å². The van der Waals surface area contributed by atoms with Crippen molar-refractivity contribution in [2.24, 2.45) is 0 Å². The first kappa shape index (κ1) is 15.8. The summed E-state index contributed by atoms with van der Waals surface area (Å²) in [4.78, 5) is 1.99. The van der Waals surface area contributed by atoms with Crippen LogP contribution in [0.5, 0.6) is 0 Å². The van der Waals surface area contributed by atoms with E-state index >= 15 is 0 Å². The Labute approximate surface area is 106 Å². The quantitative estimate of drug-likeness (QED) is 0.612. The van der Waals surface area contributed by atoms with Gasteiger partial charge in [0.1, 0.15) is 0 Å². The fraction of sp³-hybridized carbons (Fsp3) is 1.00. The van der Waals surface area contributed by atoms with Gasteiger partial charge in [-0.15, -0.1) is 0 Å². The van der Waals surface area contributed by atoms with Gasteiger partial charge in [-0.3, -0.25) is 14.0 Å². The van der Waals surface area contributed by atoms with Crippen LogP contribution in [-0.4, -0.2) is 68.3 Å². The van der Waals surface area contributed by atoms with Crippen LogP contribution in [0.3, 0.4) is 0 Å². The molecule has 0 amide bonds. The van der Waals surface area contributed by atoms with Crippen LogP contribution in [0.2, 0.25) is 0 Å². The fourth-order valence-corrected chi connectivity index (χ4v) is 3.92. The minimum absolute atomic E-state index is 0.240. The SMILES string of the molecule is O=S(=O)(O)C(CCCN1CCOCC1)S(=O)(=O)O. The molecule has 0 aromatic rings. The highest BCUT2D eigenvalue weighted by molar-refractivity contribution is 8.03. The van der Waals surface area contributed by atoms with E-state index in [0.717, 1.165) is 0 Å². The van der Waals surface area contributed by atoms with Crippen molar-refractivity contribution in [3.05, 3.63) is 0 Å². The van der Waals surface area contributed by atoms with E-state index in [1.807, 2.05) is 4.90 Å². The maximum absolute atomic E-state index is 10.8. The highest BCUT2D eigenvalue weighted by Crippen LogP contribution is 2.14. The van der Waals surface area contributed by atoms with Gasteiger partial charge < -0.3 is 4.74 Å². The molecule has 0 unspecified atom stereocenters. The molecule has 0 bridgehead atoms. The lowest BCUT2D eigenvalue weighted by Crippen LogP contribution is -2.37. The van der Waals surface area contributed by atoms with Crippen LogP contribution in [0.25, 0.3) is 0 Å². The van der Waals surface area contributed by atoms with E-state index in [1.54, 1.807) is 0 Å². The van der Waals surface area contributed by atoms with Crippen LogP contribution >= 0.6 is 0 Å². The predicted octanol–water partition coefficient (Wildman–Crippen LogP) is -0.799. The minimum Gasteiger partial charge on any atom is -0.379 e. The van der Waals surface area contributed by atoms with Gasteiger partial charge in [0.25, 0.3) is 20.2 Å². The second-order valence-corrected chi connectivity index (χ2v) is 7.55. The first-order chi connectivity index (χ1) is 8.21. The number of ether oxygens (including phenoxy) is 1. The molecule has 0 aliphatic carbocycles. The molecule has 0 aromatic heterocycles. The van der Waals surface area contributed by atoms with Crippen LogP contribution in [-0.2, 0) is 25.0 Å². The van der Waals surface area contributed by atoms with Crippen molar-refractivity contribution in [1.29, 1.82) is 0 Å². The van der Waals surface area contributed by atoms with Gasteiger partial charge in [0.15, 0.2) is 0 Å². The Morgan fingerprint density at radius 3 is 2.00 bits per heavy atom. The largest absolute Gasteiger partial charge is 0.379 e. The van der Waals surface area contributed by atoms with Gasteiger partial charge in [-0.2, -0.15) is 16.8 Å². The van der Waals surface area contributed by atoms with Crippen molar-refractivity contribution in [1.82, 2.24) is 4.90 Å². The third-order valence-electron chi connectivity index (χ3n) is 2.68. The van der Waals surface area contributed by atoms with Crippen LogP contribution < -0.4 is 0 Å². The smallest absolute Gasteiger partial charge is 0.284 e. The molecule has 0 saturated carbocycles. The number of nitrogens with zero attached hydrogens (tertiary/aromatic N) is 1. The van der Waals surface area contributed by atoms with Crippen molar-refractivity contribution in [2.45, 2.75) is 17.4 Å². The van der Waals surface area contributed by atoms with E-state index in [0.29, 0.717) is 32.8 Å². The third-order valence-corrected chi connectivity index (χ3v) is 5.94. The van der Waals surface area contributed by atoms with E-state index in [9.17, 15) is 16.8 Å². The molecule has 0 aromatic carbocycles. The first-order valence-electron chi connectivity index (χ1n) is 5.44. The summed E-state index contributed by atoms with van der Waals surface area (Å²) in [5.74, 6) is 0. The lowest BCUT2D eigenvalue weighted by Gasteiger charge is -2.26. The highest BCUT2D eigenvalue weighted by Gasteiger charge is 2.34. The molecule has 2 N–H and O–H groups in total. The van der Waals surface area contributed by atoms with Crippen molar-refractivity contribution in [2.75, 3.05) is 32.8 Å². The summed E-state index contributed by atoms with van der Waals surface area (Å²) < 4.78 is 63.8. The molecule has 10 heteroatoms. The van der Waals surface area contributed by atoms with Crippen molar-refractivity contribution in [3.8, 4) is 0 Å². The Bertz CT molecular complexity index is 420. The molecule has 0 atom stereocenters. The summed E-state index contributed by atoms with van der Waals surface area (Å²) in [6.45, 7) is 3.05. The molecule has 1 aliphatic rings. The summed E-state index contributed by atoms with van der Waals surface area (Å²) in [7, 11) is -9.61. The minimum atomic E-state index is -4.81. The number of hydrogen-bond donors (Lipinski definition) is 2. The Kier molecular flexibility index (Phi) is 5.49. The Morgan fingerprint density at radius 2 is 1.56 bits per heavy atom. The van der Waals surface area contributed by atoms with E-state index in [2.05, 4.69) is 0 Å². The normalized spacial score (nSPS) is 19.3. The van der Waals surface area contributed by atoms with Crippen LogP contribution in [0.1, 0.15) is 12.8 Å². The lowest BCUT2D eigenvalue weighted by atomic mass is 10.3.